The molecule has 4 unspecified atom stereocenters. The van der Waals surface area contributed by atoms with Gasteiger partial charge < -0.3 is 33.5 Å². The van der Waals surface area contributed by atoms with E-state index in [4.69, 9.17) is 34.8 Å². The van der Waals surface area contributed by atoms with Gasteiger partial charge >= 0.3 is 0 Å². The Morgan fingerprint density at radius 1 is 1.00 bits per heavy atom. The van der Waals surface area contributed by atoms with Gasteiger partial charge in [-0.3, -0.25) is 0 Å². The van der Waals surface area contributed by atoms with Crippen molar-refractivity contribution in [1.29, 1.82) is 0 Å². The number of terminal acetylenes is 1. The molecule has 0 aromatic heterocycles. The highest BCUT2D eigenvalue weighted by atomic mass is 16.6. The van der Waals surface area contributed by atoms with E-state index in [1.54, 1.807) is 0 Å². The van der Waals surface area contributed by atoms with E-state index in [2.05, 4.69) is 5.92 Å². The number of hydrogen-bond donors (Lipinski definition) is 1. The first-order valence-corrected chi connectivity index (χ1v) is 8.42. The Bertz CT molecular complexity index is 405. The zero-order valence-electron chi connectivity index (χ0n) is 13.9. The molecule has 7 heteroatoms. The maximum atomic E-state index is 10.1. The maximum absolute atomic E-state index is 10.1. The lowest BCUT2D eigenvalue weighted by molar-refractivity contribution is -0.138. The molecule has 3 saturated heterocycles. The third-order valence-corrected chi connectivity index (χ3v) is 4.38. The first kappa shape index (κ1) is 18.1. The smallest absolute Gasteiger partial charge is 0.104 e. The van der Waals surface area contributed by atoms with Crippen LogP contribution in [0.5, 0.6) is 0 Å². The van der Waals surface area contributed by atoms with Crippen LogP contribution in [0.25, 0.3) is 0 Å². The first-order valence-electron chi connectivity index (χ1n) is 8.42. The number of ether oxygens (including phenoxy) is 6. The second kappa shape index (κ2) is 8.59. The zero-order valence-corrected chi connectivity index (χ0v) is 13.9. The van der Waals surface area contributed by atoms with Crippen LogP contribution in [0.2, 0.25) is 0 Å². The number of rotatable bonds is 14. The molecule has 3 rings (SSSR count). The van der Waals surface area contributed by atoms with Crippen molar-refractivity contribution in [3.8, 4) is 12.3 Å². The molecule has 4 atom stereocenters. The lowest BCUT2D eigenvalue weighted by Crippen LogP contribution is -2.48. The molecule has 0 aromatic carbocycles. The molecule has 3 aliphatic rings. The number of epoxide rings is 3. The number of aliphatic hydroxyl groups excluding tert-OH is 1. The summed E-state index contributed by atoms with van der Waals surface area (Å²) in [5, 5.41) is 10.1. The average Bonchev–Trinajstić information content (AvgIpc) is 3.44. The summed E-state index contributed by atoms with van der Waals surface area (Å²) in [6.45, 7) is 4.09. The molecule has 0 saturated carbocycles. The van der Waals surface area contributed by atoms with Crippen molar-refractivity contribution in [3.05, 3.63) is 0 Å². The maximum Gasteiger partial charge on any atom is 0.104 e. The summed E-state index contributed by atoms with van der Waals surface area (Å²) in [6, 6.07) is 0. The molecule has 0 bridgehead atoms. The Balaban J connectivity index is 1.58. The number of hydrogen-bond acceptors (Lipinski definition) is 7. The number of aliphatic hydroxyl groups is 1. The minimum Gasteiger partial charge on any atom is -0.396 e. The Labute approximate surface area is 142 Å². The van der Waals surface area contributed by atoms with Gasteiger partial charge in [0.2, 0.25) is 0 Å². The van der Waals surface area contributed by atoms with Crippen LogP contribution in [0.4, 0.5) is 0 Å². The van der Waals surface area contributed by atoms with Gasteiger partial charge in [0, 0.05) is 6.42 Å². The van der Waals surface area contributed by atoms with Crippen LogP contribution in [0, 0.1) is 17.8 Å². The van der Waals surface area contributed by atoms with E-state index in [0.717, 1.165) is 13.2 Å². The van der Waals surface area contributed by atoms with Crippen LogP contribution >= 0.6 is 0 Å². The zero-order chi connectivity index (χ0) is 16.8. The van der Waals surface area contributed by atoms with Crippen molar-refractivity contribution < 1.29 is 33.5 Å². The first-order chi connectivity index (χ1) is 11.8. The Morgan fingerprint density at radius 2 is 1.50 bits per heavy atom. The summed E-state index contributed by atoms with van der Waals surface area (Å²) in [6.07, 6.45) is 5.97. The molecule has 1 N–H and O–H groups in total. The van der Waals surface area contributed by atoms with Crippen LogP contribution < -0.4 is 0 Å². The van der Waals surface area contributed by atoms with E-state index in [1.165, 1.54) is 0 Å². The molecule has 0 spiro atoms. The molecule has 3 heterocycles. The molecular weight excluding hydrogens is 316 g/mol. The van der Waals surface area contributed by atoms with Crippen molar-refractivity contribution in [2.24, 2.45) is 5.41 Å². The van der Waals surface area contributed by atoms with Gasteiger partial charge in [0.25, 0.3) is 0 Å². The molecule has 0 amide bonds. The molecule has 0 radical (unpaired) electrons. The Hall–Kier alpha value is -0.720. The van der Waals surface area contributed by atoms with Crippen LogP contribution in [0.1, 0.15) is 6.42 Å². The predicted octanol–water partition coefficient (Wildman–Crippen LogP) is -0.397. The van der Waals surface area contributed by atoms with Gasteiger partial charge in [-0.15, -0.1) is 12.3 Å². The normalized spacial score (nSPS) is 31.1. The van der Waals surface area contributed by atoms with Crippen LogP contribution in [0.15, 0.2) is 0 Å². The summed E-state index contributed by atoms with van der Waals surface area (Å²) < 4.78 is 33.0. The monoisotopic (exact) mass is 342 g/mol. The minimum absolute atomic E-state index is 0.128. The van der Waals surface area contributed by atoms with Gasteiger partial charge in [-0.05, 0) is 0 Å². The van der Waals surface area contributed by atoms with Crippen LogP contribution in [0.3, 0.4) is 0 Å². The fourth-order valence-electron chi connectivity index (χ4n) is 2.48. The SMILES string of the molecule is C#CCC(OCC1CO1)C(CO)(COCC1CO1)COCC1CO1. The fourth-order valence-corrected chi connectivity index (χ4v) is 2.48. The van der Waals surface area contributed by atoms with Crippen molar-refractivity contribution in [1.82, 2.24) is 0 Å². The van der Waals surface area contributed by atoms with E-state index in [-0.39, 0.29) is 31.0 Å². The van der Waals surface area contributed by atoms with Gasteiger partial charge in [0.05, 0.1) is 71.0 Å². The third kappa shape index (κ3) is 5.67. The van der Waals surface area contributed by atoms with E-state index in [1.807, 2.05) is 0 Å². The standard InChI is InChI=1S/C17H26O7/c1-2-3-16(24-9-15-8-23-15)17(10-18,11-19-4-13-6-21-13)12-20-5-14-7-22-14/h1,13-16,18H,3-12H2. The van der Waals surface area contributed by atoms with Crippen molar-refractivity contribution in [2.45, 2.75) is 30.8 Å². The second-order valence-corrected chi connectivity index (χ2v) is 6.65. The Morgan fingerprint density at radius 3 is 1.92 bits per heavy atom. The van der Waals surface area contributed by atoms with Crippen LogP contribution in [-0.4, -0.2) is 89.0 Å². The highest BCUT2D eigenvalue weighted by Crippen LogP contribution is 2.30. The molecule has 0 aromatic rings. The minimum atomic E-state index is -0.717. The molecule has 3 fully saturated rings. The van der Waals surface area contributed by atoms with E-state index < -0.39 is 5.41 Å². The van der Waals surface area contributed by atoms with E-state index in [0.29, 0.717) is 46.1 Å². The molecule has 24 heavy (non-hydrogen) atoms. The molecule has 7 nitrogen and oxygen atoms in total. The molecular formula is C17H26O7. The third-order valence-electron chi connectivity index (χ3n) is 4.38. The van der Waals surface area contributed by atoms with Crippen molar-refractivity contribution in [3.63, 3.8) is 0 Å². The lowest BCUT2D eigenvalue weighted by atomic mass is 9.82. The molecule has 3 aliphatic heterocycles. The second-order valence-electron chi connectivity index (χ2n) is 6.65. The topological polar surface area (TPSA) is 85.5 Å². The van der Waals surface area contributed by atoms with Gasteiger partial charge in [-0.25, -0.2) is 0 Å². The summed E-state index contributed by atoms with van der Waals surface area (Å²) in [5.41, 5.74) is -0.717. The van der Waals surface area contributed by atoms with Crippen LogP contribution in [-0.2, 0) is 28.4 Å². The molecule has 0 aliphatic carbocycles. The predicted molar refractivity (Wildman–Crippen MR) is 83.6 cm³/mol. The summed E-state index contributed by atoms with van der Waals surface area (Å²) in [7, 11) is 0. The summed E-state index contributed by atoms with van der Waals surface area (Å²) in [4.78, 5) is 0. The lowest BCUT2D eigenvalue weighted by Gasteiger charge is -2.38. The van der Waals surface area contributed by atoms with Crippen molar-refractivity contribution in [2.75, 3.05) is 59.5 Å². The average molecular weight is 342 g/mol. The molecule has 136 valence electrons. The summed E-state index contributed by atoms with van der Waals surface area (Å²) >= 11 is 0. The van der Waals surface area contributed by atoms with E-state index >= 15 is 0 Å². The van der Waals surface area contributed by atoms with Gasteiger partial charge in [-0.2, -0.15) is 0 Å². The van der Waals surface area contributed by atoms with Gasteiger partial charge in [-0.1, -0.05) is 0 Å². The van der Waals surface area contributed by atoms with Crippen molar-refractivity contribution >= 4 is 0 Å². The largest absolute Gasteiger partial charge is 0.396 e. The fraction of sp³-hybridized carbons (Fsp3) is 0.882. The van der Waals surface area contributed by atoms with Gasteiger partial charge in [0.15, 0.2) is 0 Å². The Kier molecular flexibility index (Phi) is 6.47. The van der Waals surface area contributed by atoms with Gasteiger partial charge in [0.1, 0.15) is 18.3 Å². The quantitative estimate of drug-likeness (QED) is 0.340. The van der Waals surface area contributed by atoms with E-state index in [9.17, 15) is 5.11 Å². The highest BCUT2D eigenvalue weighted by molar-refractivity contribution is 4.97. The highest BCUT2D eigenvalue weighted by Gasteiger charge is 2.42. The summed E-state index contributed by atoms with van der Waals surface area (Å²) in [5.74, 6) is 2.64.